The molecular formula is C12H10Cl3NO. The first-order valence-corrected chi connectivity index (χ1v) is 6.46. The van der Waals surface area contributed by atoms with Crippen molar-refractivity contribution < 1.29 is 4.42 Å². The van der Waals surface area contributed by atoms with Gasteiger partial charge in [0.05, 0.1) is 11.2 Å². The number of aromatic nitrogens is 1. The van der Waals surface area contributed by atoms with Crippen LogP contribution in [0.1, 0.15) is 12.3 Å². The van der Waals surface area contributed by atoms with E-state index in [-0.39, 0.29) is 0 Å². The first kappa shape index (κ1) is 12.7. The summed E-state index contributed by atoms with van der Waals surface area (Å²) in [5, 5.41) is 1.21. The molecule has 1 heterocycles. The molecule has 0 radical (unpaired) electrons. The van der Waals surface area contributed by atoms with Crippen molar-refractivity contribution in [3.8, 4) is 11.3 Å². The van der Waals surface area contributed by atoms with E-state index in [1.54, 1.807) is 24.4 Å². The number of nitrogens with zero attached hydrogens (tertiary/aromatic N) is 1. The fourth-order valence-electron chi connectivity index (χ4n) is 1.45. The first-order chi connectivity index (χ1) is 8.20. The molecule has 17 heavy (non-hydrogen) atoms. The lowest BCUT2D eigenvalue weighted by molar-refractivity contribution is 0.503. The molecule has 0 saturated heterocycles. The van der Waals surface area contributed by atoms with Gasteiger partial charge in [-0.1, -0.05) is 23.2 Å². The van der Waals surface area contributed by atoms with Gasteiger partial charge in [0, 0.05) is 22.9 Å². The molecular weight excluding hydrogens is 280 g/mol. The molecule has 0 atom stereocenters. The molecule has 0 aliphatic rings. The summed E-state index contributed by atoms with van der Waals surface area (Å²) in [5.74, 6) is 1.88. The van der Waals surface area contributed by atoms with Crippen molar-refractivity contribution in [1.29, 1.82) is 0 Å². The number of aryl methyl sites for hydroxylation is 1. The molecule has 90 valence electrons. The van der Waals surface area contributed by atoms with E-state index in [1.807, 2.05) is 0 Å². The predicted octanol–water partition coefficient (Wildman–Crippen LogP) is 4.82. The minimum atomic E-state index is 0.592. The zero-order valence-electron chi connectivity index (χ0n) is 8.92. The maximum Gasteiger partial charge on any atom is 0.194 e. The maximum absolute atomic E-state index is 6.08. The maximum atomic E-state index is 6.08. The molecule has 0 amide bonds. The van der Waals surface area contributed by atoms with Gasteiger partial charge in [0.2, 0.25) is 0 Å². The Labute approximate surface area is 115 Å². The second-order valence-electron chi connectivity index (χ2n) is 3.53. The summed E-state index contributed by atoms with van der Waals surface area (Å²) < 4.78 is 5.59. The van der Waals surface area contributed by atoms with Gasteiger partial charge in [0.1, 0.15) is 0 Å². The third-order valence-corrected chi connectivity index (χ3v) is 3.10. The zero-order valence-corrected chi connectivity index (χ0v) is 11.2. The highest BCUT2D eigenvalue weighted by atomic mass is 35.5. The van der Waals surface area contributed by atoms with E-state index in [0.29, 0.717) is 27.6 Å². The molecule has 0 bridgehead atoms. The van der Waals surface area contributed by atoms with Gasteiger partial charge in [-0.3, -0.25) is 0 Å². The minimum Gasteiger partial charge on any atom is -0.441 e. The lowest BCUT2D eigenvalue weighted by Crippen LogP contribution is -1.84. The smallest absolute Gasteiger partial charge is 0.194 e. The van der Waals surface area contributed by atoms with E-state index < -0.39 is 0 Å². The number of hydrogen-bond acceptors (Lipinski definition) is 2. The van der Waals surface area contributed by atoms with E-state index in [1.165, 1.54) is 0 Å². The molecule has 1 aromatic carbocycles. The van der Waals surface area contributed by atoms with Crippen LogP contribution in [0.5, 0.6) is 0 Å². The molecule has 0 fully saturated rings. The second-order valence-corrected chi connectivity index (χ2v) is 4.76. The van der Waals surface area contributed by atoms with E-state index in [9.17, 15) is 0 Å². The monoisotopic (exact) mass is 289 g/mol. The van der Waals surface area contributed by atoms with Gasteiger partial charge in [0.25, 0.3) is 0 Å². The van der Waals surface area contributed by atoms with Crippen LogP contribution in [0.3, 0.4) is 0 Å². The molecule has 0 aliphatic carbocycles. The number of halogens is 3. The van der Waals surface area contributed by atoms with E-state index in [4.69, 9.17) is 39.2 Å². The van der Waals surface area contributed by atoms with Crippen LogP contribution in [0, 0.1) is 0 Å². The van der Waals surface area contributed by atoms with E-state index in [0.717, 1.165) is 18.4 Å². The average Bonchev–Trinajstić information content (AvgIpc) is 2.78. The standard InChI is InChI=1S/C12H10Cl3NO/c13-5-1-2-12-16-7-11(17-12)9-6-8(14)3-4-10(9)15/h3-4,6-7H,1-2,5H2. The number of benzene rings is 1. The van der Waals surface area contributed by atoms with Crippen molar-refractivity contribution >= 4 is 34.8 Å². The van der Waals surface area contributed by atoms with Crippen molar-refractivity contribution in [2.45, 2.75) is 12.8 Å². The van der Waals surface area contributed by atoms with Gasteiger partial charge in [-0.05, 0) is 24.6 Å². The Bertz CT molecular complexity index is 510. The Morgan fingerprint density at radius 1 is 1.24 bits per heavy atom. The zero-order chi connectivity index (χ0) is 12.3. The van der Waals surface area contributed by atoms with Gasteiger partial charge in [-0.15, -0.1) is 11.6 Å². The summed E-state index contributed by atoms with van der Waals surface area (Å²) in [6.07, 6.45) is 3.22. The summed E-state index contributed by atoms with van der Waals surface area (Å²) in [6.45, 7) is 0. The summed E-state index contributed by atoms with van der Waals surface area (Å²) >= 11 is 17.6. The first-order valence-electron chi connectivity index (χ1n) is 5.17. The highest BCUT2D eigenvalue weighted by Crippen LogP contribution is 2.31. The largest absolute Gasteiger partial charge is 0.441 e. The van der Waals surface area contributed by atoms with Crippen LogP contribution in [0.25, 0.3) is 11.3 Å². The number of rotatable bonds is 4. The van der Waals surface area contributed by atoms with Crippen LogP contribution in [0.2, 0.25) is 10.0 Å². The molecule has 0 spiro atoms. The van der Waals surface area contributed by atoms with Gasteiger partial charge in [-0.25, -0.2) is 4.98 Å². The highest BCUT2D eigenvalue weighted by molar-refractivity contribution is 6.35. The molecule has 2 aromatic rings. The fraction of sp³-hybridized carbons (Fsp3) is 0.250. The van der Waals surface area contributed by atoms with Crippen LogP contribution in [-0.2, 0) is 6.42 Å². The SMILES string of the molecule is ClCCCc1ncc(-c2cc(Cl)ccc2Cl)o1. The topological polar surface area (TPSA) is 26.0 Å². The molecule has 0 saturated carbocycles. The third kappa shape index (κ3) is 3.15. The Kier molecular flexibility index (Phi) is 4.32. The fourth-order valence-corrected chi connectivity index (χ4v) is 1.97. The Balaban J connectivity index is 2.27. The number of alkyl halides is 1. The van der Waals surface area contributed by atoms with Crippen LogP contribution >= 0.6 is 34.8 Å². The number of hydrogen-bond donors (Lipinski definition) is 0. The summed E-state index contributed by atoms with van der Waals surface area (Å²) in [4.78, 5) is 4.17. The third-order valence-electron chi connectivity index (χ3n) is 2.27. The van der Waals surface area contributed by atoms with Crippen LogP contribution in [0.4, 0.5) is 0 Å². The van der Waals surface area contributed by atoms with Gasteiger partial charge in [-0.2, -0.15) is 0 Å². The number of oxazole rings is 1. The molecule has 2 nitrogen and oxygen atoms in total. The molecule has 2 rings (SSSR count). The average molecular weight is 291 g/mol. The summed E-state index contributed by atoms with van der Waals surface area (Å²) in [5.41, 5.74) is 0.754. The normalized spacial score (nSPS) is 10.8. The van der Waals surface area contributed by atoms with E-state index >= 15 is 0 Å². The lowest BCUT2D eigenvalue weighted by Gasteiger charge is -2.00. The van der Waals surface area contributed by atoms with Crippen LogP contribution < -0.4 is 0 Å². The van der Waals surface area contributed by atoms with Crippen molar-refractivity contribution in [1.82, 2.24) is 4.98 Å². The Hall–Kier alpha value is -0.700. The second kappa shape index (κ2) is 5.76. The molecule has 1 aromatic heterocycles. The van der Waals surface area contributed by atoms with Crippen LogP contribution in [0.15, 0.2) is 28.8 Å². The molecule has 0 unspecified atom stereocenters. The lowest BCUT2D eigenvalue weighted by atomic mass is 10.2. The van der Waals surface area contributed by atoms with Crippen molar-refractivity contribution in [2.24, 2.45) is 0 Å². The highest BCUT2D eigenvalue weighted by Gasteiger charge is 2.10. The molecule has 5 heteroatoms. The molecule has 0 aliphatic heterocycles. The van der Waals surface area contributed by atoms with Gasteiger partial charge < -0.3 is 4.42 Å². The summed E-state index contributed by atoms with van der Waals surface area (Å²) in [7, 11) is 0. The van der Waals surface area contributed by atoms with Crippen molar-refractivity contribution in [3.05, 3.63) is 40.3 Å². The summed E-state index contributed by atoms with van der Waals surface area (Å²) in [6, 6.07) is 5.23. The van der Waals surface area contributed by atoms with Gasteiger partial charge >= 0.3 is 0 Å². The Morgan fingerprint density at radius 2 is 2.06 bits per heavy atom. The van der Waals surface area contributed by atoms with Crippen molar-refractivity contribution in [2.75, 3.05) is 5.88 Å². The molecule has 0 N–H and O–H groups in total. The quantitative estimate of drug-likeness (QED) is 0.755. The Morgan fingerprint density at radius 3 is 2.82 bits per heavy atom. The van der Waals surface area contributed by atoms with E-state index in [2.05, 4.69) is 4.98 Å². The predicted molar refractivity (Wildman–Crippen MR) is 71.0 cm³/mol. The minimum absolute atomic E-state index is 0.592. The van der Waals surface area contributed by atoms with Gasteiger partial charge in [0.15, 0.2) is 11.7 Å². The van der Waals surface area contributed by atoms with Crippen molar-refractivity contribution in [3.63, 3.8) is 0 Å². The van der Waals surface area contributed by atoms with Crippen LogP contribution in [-0.4, -0.2) is 10.9 Å².